The fourth-order valence-electron chi connectivity index (χ4n) is 6.08. The van der Waals surface area contributed by atoms with Crippen molar-refractivity contribution >= 4 is 17.6 Å². The molecule has 1 aromatic heterocycles. The molecule has 1 atom stereocenters. The highest BCUT2D eigenvalue weighted by Crippen LogP contribution is 2.43. The number of pyridine rings is 1. The van der Waals surface area contributed by atoms with Crippen molar-refractivity contribution in [1.29, 1.82) is 0 Å². The van der Waals surface area contributed by atoms with E-state index in [-0.39, 0.29) is 23.5 Å². The van der Waals surface area contributed by atoms with Crippen LogP contribution in [0.15, 0.2) is 42.6 Å². The summed E-state index contributed by atoms with van der Waals surface area (Å²) >= 11 is 0. The minimum Gasteiger partial charge on any atom is -0.393 e. The summed E-state index contributed by atoms with van der Waals surface area (Å²) in [4.78, 5) is 36.5. The monoisotopic (exact) mass is 476 g/mol. The Morgan fingerprint density at radius 3 is 2.37 bits per heavy atom. The van der Waals surface area contributed by atoms with Crippen molar-refractivity contribution in [2.75, 3.05) is 38.6 Å². The van der Waals surface area contributed by atoms with Gasteiger partial charge in [0.25, 0.3) is 5.91 Å². The van der Waals surface area contributed by atoms with E-state index in [4.69, 9.17) is 4.98 Å². The van der Waals surface area contributed by atoms with E-state index >= 15 is 0 Å². The number of hydrogen-bond donors (Lipinski definition) is 1. The third kappa shape index (κ3) is 4.66. The smallest absolute Gasteiger partial charge is 0.253 e. The molecule has 7 heteroatoms. The fraction of sp³-hybridized carbons (Fsp3) is 0.536. The molecular weight excluding hydrogens is 440 g/mol. The molecule has 2 saturated heterocycles. The summed E-state index contributed by atoms with van der Waals surface area (Å²) in [6.07, 6.45) is 7.98. The zero-order valence-corrected chi connectivity index (χ0v) is 20.8. The quantitative estimate of drug-likeness (QED) is 0.730. The van der Waals surface area contributed by atoms with Crippen molar-refractivity contribution in [3.63, 3.8) is 0 Å². The summed E-state index contributed by atoms with van der Waals surface area (Å²) in [5, 5.41) is 9.85. The zero-order chi connectivity index (χ0) is 24.6. The van der Waals surface area contributed by atoms with E-state index in [9.17, 15) is 14.7 Å². The van der Waals surface area contributed by atoms with Gasteiger partial charge in [-0.3, -0.25) is 9.59 Å². The maximum Gasteiger partial charge on any atom is 0.253 e. The maximum absolute atomic E-state index is 13.6. The number of benzene rings is 1. The third-order valence-corrected chi connectivity index (χ3v) is 8.17. The van der Waals surface area contributed by atoms with Gasteiger partial charge in [-0.2, -0.15) is 0 Å². The Morgan fingerprint density at radius 1 is 1.00 bits per heavy atom. The summed E-state index contributed by atoms with van der Waals surface area (Å²) in [7, 11) is 3.50. The first-order valence-electron chi connectivity index (χ1n) is 12.9. The molecule has 1 saturated carbocycles. The Bertz CT molecular complexity index is 1060. The van der Waals surface area contributed by atoms with Crippen LogP contribution in [-0.2, 0) is 4.79 Å². The van der Waals surface area contributed by atoms with Gasteiger partial charge in [0.1, 0.15) is 5.82 Å². The highest BCUT2D eigenvalue weighted by molar-refractivity contribution is 5.94. The Hall–Kier alpha value is -2.93. The van der Waals surface area contributed by atoms with Gasteiger partial charge >= 0.3 is 0 Å². The van der Waals surface area contributed by atoms with Crippen molar-refractivity contribution in [3.8, 4) is 11.1 Å². The molecule has 5 rings (SSSR count). The summed E-state index contributed by atoms with van der Waals surface area (Å²) < 4.78 is 0. The number of amides is 2. The van der Waals surface area contributed by atoms with Gasteiger partial charge in [0.05, 0.1) is 11.5 Å². The molecule has 2 aliphatic heterocycles. The van der Waals surface area contributed by atoms with E-state index in [1.165, 1.54) is 0 Å². The molecule has 1 aliphatic carbocycles. The highest BCUT2D eigenvalue weighted by Gasteiger charge is 2.50. The minimum atomic E-state index is -0.302. The molecule has 3 aliphatic rings. The van der Waals surface area contributed by atoms with Gasteiger partial charge in [0, 0.05) is 57.1 Å². The lowest BCUT2D eigenvalue weighted by Crippen LogP contribution is -2.50. The van der Waals surface area contributed by atoms with Crippen molar-refractivity contribution in [3.05, 3.63) is 48.2 Å². The van der Waals surface area contributed by atoms with Gasteiger partial charge in [0.15, 0.2) is 0 Å². The molecule has 35 heavy (non-hydrogen) atoms. The minimum absolute atomic E-state index is 0.00912. The second-order valence-corrected chi connectivity index (χ2v) is 10.7. The third-order valence-electron chi connectivity index (χ3n) is 8.17. The second kappa shape index (κ2) is 9.61. The molecule has 0 bridgehead atoms. The molecule has 0 unspecified atom stereocenters. The average Bonchev–Trinajstić information content (AvgIpc) is 3.19. The van der Waals surface area contributed by atoms with E-state index in [0.29, 0.717) is 11.5 Å². The first kappa shape index (κ1) is 23.8. The van der Waals surface area contributed by atoms with Gasteiger partial charge in [-0.15, -0.1) is 0 Å². The first-order chi connectivity index (χ1) is 16.9. The lowest BCUT2D eigenvalue weighted by molar-refractivity contribution is -0.139. The van der Waals surface area contributed by atoms with Gasteiger partial charge in [0.2, 0.25) is 5.91 Å². The number of anilines is 1. The van der Waals surface area contributed by atoms with Gasteiger partial charge in [-0.25, -0.2) is 4.98 Å². The number of aliphatic hydroxyl groups is 1. The van der Waals surface area contributed by atoms with E-state index in [1.54, 1.807) is 19.0 Å². The van der Waals surface area contributed by atoms with Crippen LogP contribution in [0, 0.1) is 5.41 Å². The molecule has 1 N–H and O–H groups in total. The lowest BCUT2D eigenvalue weighted by Gasteiger charge is -2.41. The summed E-state index contributed by atoms with van der Waals surface area (Å²) in [6, 6.07) is 12.0. The molecule has 0 radical (unpaired) electrons. The van der Waals surface area contributed by atoms with Crippen molar-refractivity contribution in [2.45, 2.75) is 57.1 Å². The molecule has 2 amide bonds. The Labute approximate surface area is 207 Å². The number of rotatable bonds is 4. The number of carbonyl (C=O) groups is 2. The van der Waals surface area contributed by atoms with Crippen molar-refractivity contribution < 1.29 is 14.7 Å². The van der Waals surface area contributed by atoms with E-state index < -0.39 is 0 Å². The van der Waals surface area contributed by atoms with Gasteiger partial charge in [-0.1, -0.05) is 12.1 Å². The van der Waals surface area contributed by atoms with Crippen LogP contribution in [0.4, 0.5) is 5.82 Å². The number of aliphatic hydroxyl groups excluding tert-OH is 1. The molecule has 2 aromatic rings. The summed E-state index contributed by atoms with van der Waals surface area (Å²) in [5.74, 6) is 1.22. The van der Waals surface area contributed by atoms with Crippen molar-refractivity contribution in [2.24, 2.45) is 5.41 Å². The predicted octanol–water partition coefficient (Wildman–Crippen LogP) is 3.57. The molecule has 3 heterocycles. The van der Waals surface area contributed by atoms with E-state index in [0.717, 1.165) is 81.5 Å². The maximum atomic E-state index is 13.6. The Balaban J connectivity index is 1.26. The molecule has 7 nitrogen and oxygen atoms in total. The molecular formula is C28H36N4O3. The summed E-state index contributed by atoms with van der Waals surface area (Å²) in [5.41, 5.74) is 2.39. The van der Waals surface area contributed by atoms with Crippen LogP contribution in [0.5, 0.6) is 0 Å². The molecule has 186 valence electrons. The van der Waals surface area contributed by atoms with Gasteiger partial charge in [-0.05, 0) is 74.8 Å². The topological polar surface area (TPSA) is 77.0 Å². The van der Waals surface area contributed by atoms with Crippen LogP contribution in [0.25, 0.3) is 11.1 Å². The largest absolute Gasteiger partial charge is 0.393 e. The molecule has 1 spiro atoms. The second-order valence-electron chi connectivity index (χ2n) is 10.7. The number of carbonyl (C=O) groups excluding carboxylic acids is 2. The normalized spacial score (nSPS) is 26.9. The molecule has 1 aromatic carbocycles. The number of hydrogen-bond acceptors (Lipinski definition) is 5. The molecule has 3 fully saturated rings. The summed E-state index contributed by atoms with van der Waals surface area (Å²) in [6.45, 7) is 2.48. The van der Waals surface area contributed by atoms with Crippen LogP contribution in [0.3, 0.4) is 0 Å². The number of likely N-dealkylation sites (tertiary alicyclic amines) is 1. The Morgan fingerprint density at radius 2 is 1.71 bits per heavy atom. The fourth-order valence-corrected chi connectivity index (χ4v) is 6.08. The van der Waals surface area contributed by atoms with Crippen LogP contribution >= 0.6 is 0 Å². The van der Waals surface area contributed by atoms with Crippen molar-refractivity contribution in [1.82, 2.24) is 14.8 Å². The standard InChI is InChI=1S/C28H36N4O3/c1-30(2)26(34)21-6-4-20(5-7-21)22-8-13-25(29-18-22)31-16-3-14-28(19-31)15-17-32(27(28)35)23-9-11-24(33)12-10-23/h4-8,13,18,23-24,33H,3,9-12,14-17,19H2,1-2H3/t23?,24?,28-/m1/s1. The van der Waals surface area contributed by atoms with Crippen LogP contribution in [0.1, 0.15) is 55.3 Å². The number of piperidine rings is 1. The predicted molar refractivity (Wildman–Crippen MR) is 136 cm³/mol. The zero-order valence-electron chi connectivity index (χ0n) is 20.8. The van der Waals surface area contributed by atoms with Gasteiger partial charge < -0.3 is 19.8 Å². The SMILES string of the molecule is CN(C)C(=O)c1ccc(-c2ccc(N3CCC[C@@]4(CCN(C5CCC(O)CC5)C4=O)C3)nc2)cc1. The highest BCUT2D eigenvalue weighted by atomic mass is 16.3. The van der Waals surface area contributed by atoms with Crippen LogP contribution < -0.4 is 4.90 Å². The number of aromatic nitrogens is 1. The van der Waals surface area contributed by atoms with Crippen LogP contribution in [0.2, 0.25) is 0 Å². The lowest BCUT2D eigenvalue weighted by atomic mass is 9.78. The van der Waals surface area contributed by atoms with E-state index in [2.05, 4.69) is 15.9 Å². The Kier molecular flexibility index (Phi) is 6.53. The van der Waals surface area contributed by atoms with E-state index in [1.807, 2.05) is 36.5 Å². The van der Waals surface area contributed by atoms with Crippen LogP contribution in [-0.4, -0.2) is 77.6 Å². The average molecular weight is 477 g/mol. The first-order valence-corrected chi connectivity index (χ1v) is 12.9. The number of nitrogens with zero attached hydrogens (tertiary/aromatic N) is 4.